The molecule has 2 atom stereocenters. The van der Waals surface area contributed by atoms with E-state index in [9.17, 15) is 0 Å². The average molecular weight is 178 g/mol. The Bertz CT molecular complexity index is 117. The van der Waals surface area contributed by atoms with Gasteiger partial charge in [-0.05, 0) is 6.92 Å². The maximum Gasteiger partial charge on any atom is 0.272 e. The van der Waals surface area contributed by atoms with Gasteiger partial charge in [-0.1, -0.05) is 0 Å². The number of ether oxygens (including phenoxy) is 3. The Morgan fingerprint density at radius 3 is 2.00 bits per heavy atom. The molecule has 1 saturated heterocycles. The van der Waals surface area contributed by atoms with Gasteiger partial charge >= 0.3 is 0 Å². The van der Waals surface area contributed by atoms with Gasteiger partial charge in [0, 0.05) is 6.61 Å². The molecule has 0 bridgehead atoms. The number of hydrogen-bond donors (Lipinski definition) is 2. The Kier molecular flexibility index (Phi) is 3.90. The lowest BCUT2D eigenvalue weighted by atomic mass is 10.2. The molecule has 0 aromatic carbocycles. The van der Waals surface area contributed by atoms with Crippen LogP contribution in [0.4, 0.5) is 0 Å². The molecule has 1 rings (SSSR count). The molecular formula is C7H14O5. The molecule has 5 heteroatoms. The minimum atomic E-state index is -0.746. The van der Waals surface area contributed by atoms with E-state index in [1.165, 1.54) is 0 Å². The van der Waals surface area contributed by atoms with E-state index >= 15 is 0 Å². The van der Waals surface area contributed by atoms with Crippen molar-refractivity contribution < 1.29 is 24.4 Å². The van der Waals surface area contributed by atoms with E-state index in [0.29, 0.717) is 6.61 Å². The van der Waals surface area contributed by atoms with Crippen molar-refractivity contribution >= 4 is 0 Å². The Hall–Kier alpha value is -0.200. The summed E-state index contributed by atoms with van der Waals surface area (Å²) < 4.78 is 15.2. The number of hydrogen-bond acceptors (Lipinski definition) is 5. The van der Waals surface area contributed by atoms with Gasteiger partial charge in [-0.2, -0.15) is 0 Å². The second-order valence-corrected chi connectivity index (χ2v) is 2.46. The monoisotopic (exact) mass is 178 g/mol. The van der Waals surface area contributed by atoms with Gasteiger partial charge in [-0.3, -0.25) is 0 Å². The smallest absolute Gasteiger partial charge is 0.272 e. The van der Waals surface area contributed by atoms with Gasteiger partial charge < -0.3 is 24.4 Å². The molecule has 0 aliphatic carbocycles. The average Bonchev–Trinajstić information content (AvgIpc) is 2.48. The lowest BCUT2D eigenvalue weighted by molar-refractivity contribution is -0.242. The van der Waals surface area contributed by atoms with Crippen LogP contribution < -0.4 is 0 Å². The topological polar surface area (TPSA) is 68.2 Å². The Balaban J connectivity index is 2.36. The van der Waals surface area contributed by atoms with Crippen molar-refractivity contribution in [1.82, 2.24) is 0 Å². The first-order chi connectivity index (χ1) is 5.81. The summed E-state index contributed by atoms with van der Waals surface area (Å²) in [4.78, 5) is 0. The molecule has 1 aliphatic heterocycles. The fourth-order valence-electron chi connectivity index (χ4n) is 1.03. The van der Waals surface area contributed by atoms with Gasteiger partial charge in [0.2, 0.25) is 0 Å². The summed E-state index contributed by atoms with van der Waals surface area (Å²) >= 11 is 0. The highest BCUT2D eigenvalue weighted by Crippen LogP contribution is 2.19. The van der Waals surface area contributed by atoms with Crippen LogP contribution in [-0.2, 0) is 14.2 Å². The second kappa shape index (κ2) is 4.74. The van der Waals surface area contributed by atoms with Crippen LogP contribution in [0, 0.1) is 0 Å². The third kappa shape index (κ3) is 2.15. The maximum atomic E-state index is 8.78. The standard InChI is InChI=1S/C7H14O5/c1-2-10-7-11-5(3-8)6(4-9)12-7/h5-9H,2-4H2,1H3. The van der Waals surface area contributed by atoms with Gasteiger partial charge in [-0.25, -0.2) is 0 Å². The van der Waals surface area contributed by atoms with Crippen LogP contribution in [0.1, 0.15) is 6.92 Å². The quantitative estimate of drug-likeness (QED) is 0.582. The molecule has 0 aromatic rings. The zero-order valence-electron chi connectivity index (χ0n) is 6.97. The van der Waals surface area contributed by atoms with Gasteiger partial charge in [0.1, 0.15) is 12.2 Å². The van der Waals surface area contributed by atoms with Crippen LogP contribution in [-0.4, -0.2) is 48.7 Å². The van der Waals surface area contributed by atoms with Crippen molar-refractivity contribution in [2.45, 2.75) is 25.6 Å². The van der Waals surface area contributed by atoms with Crippen LogP contribution in [0.15, 0.2) is 0 Å². The number of aliphatic hydroxyl groups excluding tert-OH is 2. The van der Waals surface area contributed by atoms with Gasteiger partial charge in [0.15, 0.2) is 0 Å². The Morgan fingerprint density at radius 1 is 1.17 bits per heavy atom. The molecule has 1 heterocycles. The summed E-state index contributed by atoms with van der Waals surface area (Å²) in [6, 6.07) is 0. The summed E-state index contributed by atoms with van der Waals surface area (Å²) in [6.45, 7) is 1.20. The minimum Gasteiger partial charge on any atom is -0.394 e. The molecule has 1 fully saturated rings. The van der Waals surface area contributed by atoms with Crippen molar-refractivity contribution in [1.29, 1.82) is 0 Å². The van der Waals surface area contributed by atoms with Gasteiger partial charge in [-0.15, -0.1) is 0 Å². The fraction of sp³-hybridized carbons (Fsp3) is 1.00. The lowest BCUT2D eigenvalue weighted by Gasteiger charge is -2.09. The highest BCUT2D eigenvalue weighted by atomic mass is 16.9. The Morgan fingerprint density at radius 2 is 1.67 bits per heavy atom. The highest BCUT2D eigenvalue weighted by Gasteiger charge is 2.35. The van der Waals surface area contributed by atoms with E-state index in [4.69, 9.17) is 24.4 Å². The molecule has 12 heavy (non-hydrogen) atoms. The second-order valence-electron chi connectivity index (χ2n) is 2.46. The van der Waals surface area contributed by atoms with Crippen LogP contribution in [0.3, 0.4) is 0 Å². The largest absolute Gasteiger partial charge is 0.394 e. The van der Waals surface area contributed by atoms with E-state index < -0.39 is 18.7 Å². The maximum absolute atomic E-state index is 8.78. The predicted molar refractivity (Wildman–Crippen MR) is 39.3 cm³/mol. The van der Waals surface area contributed by atoms with Crippen molar-refractivity contribution in [3.8, 4) is 0 Å². The van der Waals surface area contributed by atoms with Crippen LogP contribution in [0.5, 0.6) is 0 Å². The molecule has 0 aromatic heterocycles. The van der Waals surface area contributed by atoms with Crippen molar-refractivity contribution in [2.24, 2.45) is 0 Å². The van der Waals surface area contributed by atoms with Crippen molar-refractivity contribution in [2.75, 3.05) is 19.8 Å². The molecule has 2 N–H and O–H groups in total. The summed E-state index contributed by atoms with van der Waals surface area (Å²) in [5.74, 6) is 0. The number of rotatable bonds is 4. The molecule has 0 radical (unpaired) electrons. The first-order valence-corrected chi connectivity index (χ1v) is 3.96. The summed E-state index contributed by atoms with van der Waals surface area (Å²) in [6.07, 6.45) is -0.960. The van der Waals surface area contributed by atoms with E-state index in [2.05, 4.69) is 0 Å². The van der Waals surface area contributed by atoms with E-state index in [1.807, 2.05) is 6.92 Å². The molecule has 0 saturated carbocycles. The van der Waals surface area contributed by atoms with Crippen LogP contribution >= 0.6 is 0 Å². The first kappa shape index (κ1) is 9.88. The normalized spacial score (nSPS) is 35.8. The highest BCUT2D eigenvalue weighted by molar-refractivity contribution is 4.73. The van der Waals surface area contributed by atoms with Crippen LogP contribution in [0.25, 0.3) is 0 Å². The molecule has 5 nitrogen and oxygen atoms in total. The summed E-state index contributed by atoms with van der Waals surface area (Å²) in [5, 5.41) is 17.6. The molecular weight excluding hydrogens is 164 g/mol. The Labute approximate surface area is 70.9 Å². The predicted octanol–water partition coefficient (Wildman–Crippen LogP) is -0.925. The summed E-state index contributed by atoms with van der Waals surface area (Å²) in [7, 11) is 0. The van der Waals surface area contributed by atoms with E-state index in [-0.39, 0.29) is 13.2 Å². The van der Waals surface area contributed by atoms with E-state index in [1.54, 1.807) is 0 Å². The van der Waals surface area contributed by atoms with E-state index in [0.717, 1.165) is 0 Å². The van der Waals surface area contributed by atoms with Crippen LogP contribution in [0.2, 0.25) is 0 Å². The zero-order valence-corrected chi connectivity index (χ0v) is 6.97. The summed E-state index contributed by atoms with van der Waals surface area (Å²) in [5.41, 5.74) is 0. The third-order valence-electron chi connectivity index (χ3n) is 1.65. The molecule has 1 aliphatic rings. The molecule has 72 valence electrons. The minimum absolute atomic E-state index is 0.172. The molecule has 0 spiro atoms. The van der Waals surface area contributed by atoms with Crippen molar-refractivity contribution in [3.63, 3.8) is 0 Å². The first-order valence-electron chi connectivity index (χ1n) is 3.96. The number of aliphatic hydroxyl groups is 2. The molecule has 0 amide bonds. The van der Waals surface area contributed by atoms with Gasteiger partial charge in [0.25, 0.3) is 6.48 Å². The lowest BCUT2D eigenvalue weighted by Crippen LogP contribution is -2.29. The van der Waals surface area contributed by atoms with Crippen molar-refractivity contribution in [3.05, 3.63) is 0 Å². The fourth-order valence-corrected chi connectivity index (χ4v) is 1.03. The third-order valence-corrected chi connectivity index (χ3v) is 1.65. The zero-order chi connectivity index (χ0) is 8.97. The van der Waals surface area contributed by atoms with Gasteiger partial charge in [0.05, 0.1) is 13.2 Å². The SMILES string of the molecule is CCOC1OC(CO)C(CO)O1. The molecule has 2 unspecified atom stereocenters.